The van der Waals surface area contributed by atoms with Crippen molar-refractivity contribution in [1.29, 1.82) is 0 Å². The van der Waals surface area contributed by atoms with Gasteiger partial charge in [0, 0.05) is 13.1 Å². The van der Waals surface area contributed by atoms with E-state index in [1.807, 2.05) is 18.2 Å². The van der Waals surface area contributed by atoms with E-state index in [4.69, 9.17) is 9.26 Å². The van der Waals surface area contributed by atoms with Crippen molar-refractivity contribution < 1.29 is 17.7 Å². The Kier molecular flexibility index (Phi) is 5.56. The molecule has 25 heavy (non-hydrogen) atoms. The van der Waals surface area contributed by atoms with Gasteiger partial charge in [-0.25, -0.2) is 8.42 Å². The Morgan fingerprint density at radius 2 is 1.88 bits per heavy atom. The summed E-state index contributed by atoms with van der Waals surface area (Å²) in [7, 11) is -3.55. The van der Waals surface area contributed by atoms with Gasteiger partial charge in [0.05, 0.1) is 12.7 Å². The van der Waals surface area contributed by atoms with Crippen molar-refractivity contribution in [2.45, 2.75) is 44.1 Å². The number of ether oxygens (including phenoxy) is 1. The molecule has 0 atom stereocenters. The van der Waals surface area contributed by atoms with Crippen LogP contribution < -0.4 is 0 Å². The average molecular weight is 364 g/mol. The van der Waals surface area contributed by atoms with E-state index in [1.165, 1.54) is 9.87 Å². The summed E-state index contributed by atoms with van der Waals surface area (Å²) in [5, 5.41) is 3.76. The molecule has 0 bridgehead atoms. The van der Waals surface area contributed by atoms with E-state index in [0.717, 1.165) is 6.42 Å². The molecule has 0 radical (unpaired) electrons. The Morgan fingerprint density at radius 3 is 2.48 bits per heavy atom. The molecule has 0 N–H and O–H groups in total. The second-order valence-corrected chi connectivity index (χ2v) is 8.24. The lowest BCUT2D eigenvalue weighted by Crippen LogP contribution is -2.41. The highest BCUT2D eigenvalue weighted by Crippen LogP contribution is 2.26. The van der Waals surface area contributed by atoms with Crippen molar-refractivity contribution in [2.75, 3.05) is 19.7 Å². The molecule has 136 valence electrons. The Morgan fingerprint density at radius 1 is 1.20 bits per heavy atom. The third-order valence-electron chi connectivity index (χ3n) is 4.55. The zero-order valence-electron chi connectivity index (χ0n) is 14.6. The number of nitrogens with zero attached hydrogens (tertiary/aromatic N) is 2. The number of hydrogen-bond acceptors (Lipinski definition) is 5. The number of piperidine rings is 1. The van der Waals surface area contributed by atoms with Gasteiger partial charge in [-0.2, -0.15) is 4.31 Å². The monoisotopic (exact) mass is 364 g/mol. The van der Waals surface area contributed by atoms with E-state index in [0.29, 0.717) is 44.0 Å². The summed E-state index contributed by atoms with van der Waals surface area (Å²) in [6.07, 6.45) is 2.40. The Balaban J connectivity index is 1.52. The van der Waals surface area contributed by atoms with Gasteiger partial charge in [0.2, 0.25) is 10.0 Å². The summed E-state index contributed by atoms with van der Waals surface area (Å²) in [5.74, 6) is 0.346. The van der Waals surface area contributed by atoms with Crippen LogP contribution in [0.1, 0.15) is 29.9 Å². The highest BCUT2D eigenvalue weighted by molar-refractivity contribution is 7.89. The molecule has 1 saturated heterocycles. The van der Waals surface area contributed by atoms with E-state index in [-0.39, 0.29) is 11.0 Å². The first-order valence-corrected chi connectivity index (χ1v) is 10.0. The van der Waals surface area contributed by atoms with Gasteiger partial charge in [0.1, 0.15) is 10.6 Å². The Hall–Kier alpha value is -1.70. The number of aryl methyl sites for hydroxylation is 2. The molecule has 1 fully saturated rings. The van der Waals surface area contributed by atoms with Crippen molar-refractivity contribution in [2.24, 2.45) is 0 Å². The normalized spacial score (nSPS) is 17.0. The zero-order chi connectivity index (χ0) is 17.9. The number of benzene rings is 1. The van der Waals surface area contributed by atoms with Crippen LogP contribution in [-0.2, 0) is 21.2 Å². The van der Waals surface area contributed by atoms with E-state index in [2.05, 4.69) is 17.3 Å². The number of hydrogen-bond donors (Lipinski definition) is 0. The van der Waals surface area contributed by atoms with Gasteiger partial charge >= 0.3 is 0 Å². The third-order valence-corrected chi connectivity index (χ3v) is 6.70. The van der Waals surface area contributed by atoms with Crippen molar-refractivity contribution in [1.82, 2.24) is 9.46 Å². The summed E-state index contributed by atoms with van der Waals surface area (Å²) in [5.41, 5.74) is 1.67. The van der Waals surface area contributed by atoms with Crippen LogP contribution in [0.2, 0.25) is 0 Å². The number of rotatable bonds is 6. The molecule has 0 amide bonds. The smallest absolute Gasteiger partial charge is 0.248 e. The molecular formula is C18H24N2O4S. The van der Waals surface area contributed by atoms with Crippen LogP contribution >= 0.6 is 0 Å². The highest BCUT2D eigenvalue weighted by atomic mass is 32.2. The fraction of sp³-hybridized carbons (Fsp3) is 0.500. The molecule has 0 unspecified atom stereocenters. The average Bonchev–Trinajstić information content (AvgIpc) is 2.95. The van der Waals surface area contributed by atoms with Gasteiger partial charge in [-0.05, 0) is 38.7 Å². The summed E-state index contributed by atoms with van der Waals surface area (Å²) in [4.78, 5) is 0.205. The standard InChI is InChI=1S/C18H24N2O4S/c1-14-18(15(2)24-19-14)25(21,22)20-11-8-17(9-12-20)23-13-10-16-6-4-3-5-7-16/h3-7,17H,8-13H2,1-2H3. The first-order valence-electron chi connectivity index (χ1n) is 8.57. The van der Waals surface area contributed by atoms with Gasteiger partial charge in [-0.1, -0.05) is 35.5 Å². The molecule has 3 rings (SSSR count). The summed E-state index contributed by atoms with van der Waals surface area (Å²) < 4.78 is 38.0. The van der Waals surface area contributed by atoms with E-state index in [1.54, 1.807) is 13.8 Å². The third kappa shape index (κ3) is 4.11. The van der Waals surface area contributed by atoms with Crippen LogP contribution in [0.25, 0.3) is 0 Å². The van der Waals surface area contributed by atoms with Crippen molar-refractivity contribution in [3.8, 4) is 0 Å². The Labute approximate surface area is 148 Å². The second kappa shape index (κ2) is 7.68. The lowest BCUT2D eigenvalue weighted by molar-refractivity contribution is 0.0230. The lowest BCUT2D eigenvalue weighted by atomic mass is 10.1. The van der Waals surface area contributed by atoms with E-state index < -0.39 is 10.0 Å². The molecule has 0 spiro atoms. The number of sulfonamides is 1. The largest absolute Gasteiger partial charge is 0.378 e. The van der Waals surface area contributed by atoms with Crippen LogP contribution in [0.4, 0.5) is 0 Å². The highest BCUT2D eigenvalue weighted by Gasteiger charge is 2.33. The molecule has 2 heterocycles. The molecule has 1 aromatic heterocycles. The van der Waals surface area contributed by atoms with Crippen LogP contribution in [0.3, 0.4) is 0 Å². The van der Waals surface area contributed by atoms with Crippen molar-refractivity contribution in [3.05, 3.63) is 47.3 Å². The fourth-order valence-electron chi connectivity index (χ4n) is 3.20. The van der Waals surface area contributed by atoms with Gasteiger partial charge in [0.25, 0.3) is 0 Å². The second-order valence-electron chi connectivity index (χ2n) is 6.36. The molecule has 2 aromatic rings. The minimum Gasteiger partial charge on any atom is -0.378 e. The zero-order valence-corrected chi connectivity index (χ0v) is 15.5. The molecule has 0 saturated carbocycles. The van der Waals surface area contributed by atoms with E-state index >= 15 is 0 Å². The van der Waals surface area contributed by atoms with Crippen LogP contribution in [-0.4, -0.2) is 43.7 Å². The van der Waals surface area contributed by atoms with Gasteiger partial charge in [0.15, 0.2) is 5.76 Å². The van der Waals surface area contributed by atoms with Gasteiger partial charge in [-0.15, -0.1) is 0 Å². The topological polar surface area (TPSA) is 72.6 Å². The predicted molar refractivity (Wildman–Crippen MR) is 93.9 cm³/mol. The lowest BCUT2D eigenvalue weighted by Gasteiger charge is -2.31. The Bertz CT molecular complexity index is 774. The van der Waals surface area contributed by atoms with Crippen molar-refractivity contribution >= 4 is 10.0 Å². The molecule has 0 aliphatic carbocycles. The van der Waals surface area contributed by atoms with Gasteiger partial charge in [-0.3, -0.25) is 0 Å². The molecule has 1 aliphatic heterocycles. The quantitative estimate of drug-likeness (QED) is 0.788. The molecular weight excluding hydrogens is 340 g/mol. The maximum atomic E-state index is 12.8. The minimum absolute atomic E-state index is 0.111. The van der Waals surface area contributed by atoms with Crippen molar-refractivity contribution in [3.63, 3.8) is 0 Å². The molecule has 7 heteroatoms. The number of aromatic nitrogens is 1. The summed E-state index contributed by atoms with van der Waals surface area (Å²) in [6, 6.07) is 10.2. The SMILES string of the molecule is Cc1noc(C)c1S(=O)(=O)N1CCC(OCCc2ccccc2)CC1. The first kappa shape index (κ1) is 18.1. The first-order chi connectivity index (χ1) is 12.0. The minimum atomic E-state index is -3.55. The maximum Gasteiger partial charge on any atom is 0.248 e. The summed E-state index contributed by atoms with van der Waals surface area (Å²) in [6.45, 7) is 4.87. The van der Waals surface area contributed by atoms with Crippen LogP contribution in [0.15, 0.2) is 39.8 Å². The van der Waals surface area contributed by atoms with E-state index in [9.17, 15) is 8.42 Å². The van der Waals surface area contributed by atoms with Crippen LogP contribution in [0, 0.1) is 13.8 Å². The van der Waals surface area contributed by atoms with Crippen LogP contribution in [0.5, 0.6) is 0 Å². The van der Waals surface area contributed by atoms with Gasteiger partial charge < -0.3 is 9.26 Å². The summed E-state index contributed by atoms with van der Waals surface area (Å²) >= 11 is 0. The molecule has 6 nitrogen and oxygen atoms in total. The maximum absolute atomic E-state index is 12.8. The molecule has 1 aliphatic rings. The fourth-order valence-corrected chi connectivity index (χ4v) is 4.96. The molecule has 1 aromatic carbocycles. The predicted octanol–water partition coefficient (Wildman–Crippen LogP) is 2.70.